The fraction of sp³-hybridized carbons (Fsp3) is 0.261. The first-order chi connectivity index (χ1) is 14.9. The van der Waals surface area contributed by atoms with Gasteiger partial charge in [0, 0.05) is 25.0 Å². The van der Waals surface area contributed by atoms with Crippen molar-refractivity contribution in [2.24, 2.45) is 0 Å². The van der Waals surface area contributed by atoms with E-state index in [4.69, 9.17) is 16.3 Å². The minimum absolute atomic E-state index is 0.0520. The number of amides is 1. The summed E-state index contributed by atoms with van der Waals surface area (Å²) in [5, 5.41) is 2.17. The predicted octanol–water partition coefficient (Wildman–Crippen LogP) is 4.18. The Morgan fingerprint density at radius 3 is 2.52 bits per heavy atom. The summed E-state index contributed by atoms with van der Waals surface area (Å²) >= 11 is 6.36. The summed E-state index contributed by atoms with van der Waals surface area (Å²) in [5.41, 5.74) is 0.911. The molecular formula is C23H23ClN2O4S. The lowest BCUT2D eigenvalue weighted by Gasteiger charge is -2.27. The number of fused-ring (bicyclic) bond motifs is 1. The molecule has 31 heavy (non-hydrogen) atoms. The summed E-state index contributed by atoms with van der Waals surface area (Å²) < 4.78 is 32.7. The van der Waals surface area contributed by atoms with Gasteiger partial charge in [-0.2, -0.15) is 4.31 Å². The molecule has 0 spiro atoms. The van der Waals surface area contributed by atoms with E-state index in [1.165, 1.54) is 22.5 Å². The molecule has 3 aromatic carbocycles. The number of ether oxygens (including phenoxy) is 1. The summed E-state index contributed by atoms with van der Waals surface area (Å²) in [6.07, 6.45) is 0. The summed E-state index contributed by atoms with van der Waals surface area (Å²) in [7, 11) is -3.74. The van der Waals surface area contributed by atoms with Gasteiger partial charge in [-0.05, 0) is 36.6 Å². The third kappa shape index (κ3) is 4.19. The first kappa shape index (κ1) is 21.8. The monoisotopic (exact) mass is 458 g/mol. The number of halogens is 1. The largest absolute Gasteiger partial charge is 0.379 e. The number of anilines is 1. The molecular weight excluding hydrogens is 436 g/mol. The second kappa shape index (κ2) is 8.96. The number of rotatable bonds is 5. The van der Waals surface area contributed by atoms with Crippen molar-refractivity contribution in [3.63, 3.8) is 0 Å². The quantitative estimate of drug-likeness (QED) is 0.575. The zero-order valence-corrected chi connectivity index (χ0v) is 18.7. The van der Waals surface area contributed by atoms with Crippen molar-refractivity contribution in [1.29, 1.82) is 0 Å². The highest BCUT2D eigenvalue weighted by atomic mass is 35.5. The maximum absolute atomic E-state index is 13.5. The first-order valence-electron chi connectivity index (χ1n) is 10.1. The van der Waals surface area contributed by atoms with E-state index in [0.717, 1.165) is 16.5 Å². The van der Waals surface area contributed by atoms with Crippen LogP contribution in [0.1, 0.15) is 17.3 Å². The second-order valence-corrected chi connectivity index (χ2v) is 9.55. The normalized spacial score (nSPS) is 15.2. The molecule has 8 heteroatoms. The highest BCUT2D eigenvalue weighted by Gasteiger charge is 2.29. The van der Waals surface area contributed by atoms with E-state index in [0.29, 0.717) is 19.8 Å². The zero-order chi connectivity index (χ0) is 22.0. The number of morpholine rings is 1. The average molecular weight is 459 g/mol. The van der Waals surface area contributed by atoms with Gasteiger partial charge in [0.15, 0.2) is 0 Å². The Morgan fingerprint density at radius 1 is 1.06 bits per heavy atom. The Hall–Kier alpha value is -2.45. The van der Waals surface area contributed by atoms with Gasteiger partial charge >= 0.3 is 0 Å². The van der Waals surface area contributed by atoms with Crippen LogP contribution < -0.4 is 4.90 Å². The van der Waals surface area contributed by atoms with Crippen LogP contribution in [0.15, 0.2) is 65.6 Å². The molecule has 1 aliphatic heterocycles. The number of benzene rings is 3. The van der Waals surface area contributed by atoms with Crippen LogP contribution in [0.5, 0.6) is 0 Å². The standard InChI is InChI=1S/C23H23ClN2O4S/c1-2-26(22-9-5-7-17-6-3-4-8-19(17)22)23(27)20-16-18(10-11-21(20)24)31(28,29)25-12-14-30-15-13-25/h3-11,16H,2,12-15H2,1H3. The Balaban J connectivity index is 1.74. The van der Waals surface area contributed by atoms with E-state index in [-0.39, 0.29) is 34.5 Å². The van der Waals surface area contributed by atoms with E-state index < -0.39 is 10.0 Å². The maximum Gasteiger partial charge on any atom is 0.259 e. The van der Waals surface area contributed by atoms with Crippen molar-refractivity contribution in [3.8, 4) is 0 Å². The van der Waals surface area contributed by atoms with Crippen LogP contribution in [-0.2, 0) is 14.8 Å². The molecule has 0 saturated carbocycles. The molecule has 162 valence electrons. The van der Waals surface area contributed by atoms with Gasteiger partial charge in [-0.1, -0.05) is 48.0 Å². The summed E-state index contributed by atoms with van der Waals surface area (Å²) in [6, 6.07) is 17.9. The Bertz CT molecular complexity index is 1220. The Kier molecular flexibility index (Phi) is 6.29. The summed E-state index contributed by atoms with van der Waals surface area (Å²) in [4.78, 5) is 15.2. The van der Waals surface area contributed by atoms with Crippen molar-refractivity contribution >= 4 is 44.0 Å². The molecule has 0 radical (unpaired) electrons. The molecule has 0 atom stereocenters. The maximum atomic E-state index is 13.5. The summed E-state index contributed by atoms with van der Waals surface area (Å²) in [6.45, 7) is 3.55. The number of carbonyl (C=O) groups is 1. The Labute approximate surface area is 187 Å². The van der Waals surface area contributed by atoms with Gasteiger partial charge in [0.05, 0.1) is 34.4 Å². The van der Waals surface area contributed by atoms with Gasteiger partial charge in [0.2, 0.25) is 10.0 Å². The van der Waals surface area contributed by atoms with Crippen LogP contribution in [-0.4, -0.2) is 51.5 Å². The van der Waals surface area contributed by atoms with Gasteiger partial charge in [-0.25, -0.2) is 8.42 Å². The minimum atomic E-state index is -3.74. The molecule has 1 heterocycles. The highest BCUT2D eigenvalue weighted by molar-refractivity contribution is 7.89. The number of hydrogen-bond donors (Lipinski definition) is 0. The van der Waals surface area contributed by atoms with Crippen molar-refractivity contribution in [2.75, 3.05) is 37.7 Å². The molecule has 4 rings (SSSR count). The lowest BCUT2D eigenvalue weighted by atomic mass is 10.1. The van der Waals surface area contributed by atoms with Crippen LogP contribution in [0.3, 0.4) is 0 Å². The highest BCUT2D eigenvalue weighted by Crippen LogP contribution is 2.30. The molecule has 1 fully saturated rings. The molecule has 1 saturated heterocycles. The molecule has 6 nitrogen and oxygen atoms in total. The van der Waals surface area contributed by atoms with E-state index in [1.807, 2.05) is 49.4 Å². The molecule has 0 bridgehead atoms. The van der Waals surface area contributed by atoms with Crippen LogP contribution >= 0.6 is 11.6 Å². The third-order valence-corrected chi connectivity index (χ3v) is 7.62. The van der Waals surface area contributed by atoms with Gasteiger partial charge in [-0.3, -0.25) is 4.79 Å². The molecule has 0 aromatic heterocycles. The van der Waals surface area contributed by atoms with E-state index in [1.54, 1.807) is 4.90 Å². The number of hydrogen-bond acceptors (Lipinski definition) is 4. The van der Waals surface area contributed by atoms with E-state index in [9.17, 15) is 13.2 Å². The molecule has 1 aliphatic rings. The predicted molar refractivity (Wildman–Crippen MR) is 122 cm³/mol. The van der Waals surface area contributed by atoms with Crippen LogP contribution in [0.4, 0.5) is 5.69 Å². The van der Waals surface area contributed by atoms with Gasteiger partial charge in [0.25, 0.3) is 5.91 Å². The number of sulfonamides is 1. The Morgan fingerprint density at radius 2 is 1.77 bits per heavy atom. The third-order valence-electron chi connectivity index (χ3n) is 5.39. The van der Waals surface area contributed by atoms with Gasteiger partial charge in [0.1, 0.15) is 0 Å². The van der Waals surface area contributed by atoms with Gasteiger partial charge in [-0.15, -0.1) is 0 Å². The van der Waals surface area contributed by atoms with Crippen LogP contribution in [0.2, 0.25) is 5.02 Å². The smallest absolute Gasteiger partial charge is 0.259 e. The fourth-order valence-corrected chi connectivity index (χ4v) is 5.41. The summed E-state index contributed by atoms with van der Waals surface area (Å²) in [5.74, 6) is -0.345. The molecule has 1 amide bonds. The van der Waals surface area contributed by atoms with Crippen LogP contribution in [0, 0.1) is 0 Å². The number of carbonyl (C=O) groups excluding carboxylic acids is 1. The van der Waals surface area contributed by atoms with Gasteiger partial charge < -0.3 is 9.64 Å². The topological polar surface area (TPSA) is 66.9 Å². The first-order valence-corrected chi connectivity index (χ1v) is 11.9. The van der Waals surface area contributed by atoms with E-state index >= 15 is 0 Å². The molecule has 0 aliphatic carbocycles. The molecule has 0 N–H and O–H groups in total. The molecule has 0 unspecified atom stereocenters. The van der Waals surface area contributed by atoms with Crippen molar-refractivity contribution in [3.05, 3.63) is 71.2 Å². The fourth-order valence-electron chi connectivity index (χ4n) is 3.78. The average Bonchev–Trinajstić information content (AvgIpc) is 2.80. The zero-order valence-electron chi connectivity index (χ0n) is 17.1. The molecule has 3 aromatic rings. The lowest BCUT2D eigenvalue weighted by Crippen LogP contribution is -2.40. The van der Waals surface area contributed by atoms with Crippen molar-refractivity contribution in [2.45, 2.75) is 11.8 Å². The lowest BCUT2D eigenvalue weighted by molar-refractivity contribution is 0.0730. The minimum Gasteiger partial charge on any atom is -0.379 e. The van der Waals surface area contributed by atoms with Crippen molar-refractivity contribution < 1.29 is 17.9 Å². The number of nitrogens with zero attached hydrogens (tertiary/aromatic N) is 2. The van der Waals surface area contributed by atoms with Crippen LogP contribution in [0.25, 0.3) is 10.8 Å². The SMILES string of the molecule is CCN(C(=O)c1cc(S(=O)(=O)N2CCOCC2)ccc1Cl)c1cccc2ccccc12. The van der Waals surface area contributed by atoms with Crippen molar-refractivity contribution in [1.82, 2.24) is 4.31 Å². The van der Waals surface area contributed by atoms with E-state index in [2.05, 4.69) is 0 Å². The second-order valence-electron chi connectivity index (χ2n) is 7.21.